The van der Waals surface area contributed by atoms with E-state index in [0.717, 1.165) is 34.0 Å². The van der Waals surface area contributed by atoms with E-state index in [1.807, 2.05) is 40.8 Å². The van der Waals surface area contributed by atoms with Gasteiger partial charge in [-0.05, 0) is 47.6 Å². The maximum atomic E-state index is 12.6. The predicted octanol–water partition coefficient (Wildman–Crippen LogP) is 3.29. The van der Waals surface area contributed by atoms with Gasteiger partial charge in [0.05, 0.1) is 22.6 Å². The van der Waals surface area contributed by atoms with Crippen molar-refractivity contribution in [2.24, 2.45) is 7.05 Å². The minimum atomic E-state index is -0.0748. The highest BCUT2D eigenvalue weighted by molar-refractivity contribution is 6.05. The van der Waals surface area contributed by atoms with Crippen molar-refractivity contribution in [2.45, 2.75) is 47.6 Å². The van der Waals surface area contributed by atoms with Crippen LogP contribution in [0.15, 0.2) is 6.07 Å². The van der Waals surface area contributed by atoms with E-state index in [0.29, 0.717) is 6.04 Å². The second-order valence-electron chi connectivity index (χ2n) is 5.87. The number of hydrogen-bond donors (Lipinski definition) is 1. The van der Waals surface area contributed by atoms with E-state index in [1.54, 1.807) is 4.68 Å². The second kappa shape index (κ2) is 5.39. The molecule has 0 saturated carbocycles. The molecule has 0 spiro atoms. The van der Waals surface area contributed by atoms with E-state index >= 15 is 0 Å². The Kier molecular flexibility index (Phi) is 3.94. The van der Waals surface area contributed by atoms with Gasteiger partial charge in [0.25, 0.3) is 5.91 Å². The summed E-state index contributed by atoms with van der Waals surface area (Å²) in [4.78, 5) is 12.6. The van der Waals surface area contributed by atoms with Crippen molar-refractivity contribution in [1.82, 2.24) is 14.3 Å². The predicted molar refractivity (Wildman–Crippen MR) is 84.9 cm³/mol. The molecule has 5 heteroatoms. The van der Waals surface area contributed by atoms with Crippen molar-refractivity contribution in [3.63, 3.8) is 0 Å². The Morgan fingerprint density at radius 3 is 2.24 bits per heavy atom. The van der Waals surface area contributed by atoms with E-state index in [4.69, 9.17) is 0 Å². The number of aromatic nitrogens is 3. The van der Waals surface area contributed by atoms with Crippen LogP contribution in [0.4, 0.5) is 5.69 Å². The largest absolute Gasteiger partial charge is 0.346 e. The number of hydrogen-bond acceptors (Lipinski definition) is 2. The summed E-state index contributed by atoms with van der Waals surface area (Å²) in [6.07, 6.45) is 0. The molecule has 21 heavy (non-hydrogen) atoms. The molecule has 114 valence electrons. The van der Waals surface area contributed by atoms with Crippen molar-refractivity contribution in [2.75, 3.05) is 5.32 Å². The molecule has 2 rings (SSSR count). The summed E-state index contributed by atoms with van der Waals surface area (Å²) in [6, 6.07) is 2.29. The summed E-state index contributed by atoms with van der Waals surface area (Å²) < 4.78 is 3.96. The fourth-order valence-electron chi connectivity index (χ4n) is 2.94. The van der Waals surface area contributed by atoms with Gasteiger partial charge in [-0.25, -0.2) is 0 Å². The van der Waals surface area contributed by atoms with Gasteiger partial charge in [0.2, 0.25) is 0 Å². The topological polar surface area (TPSA) is 51.9 Å². The lowest BCUT2D eigenvalue weighted by atomic mass is 10.2. The maximum Gasteiger partial charge on any atom is 0.257 e. The molecule has 0 saturated heterocycles. The Labute approximate surface area is 126 Å². The molecule has 0 radical (unpaired) electrons. The van der Waals surface area contributed by atoms with Crippen molar-refractivity contribution in [3.8, 4) is 0 Å². The number of nitrogens with one attached hydrogen (secondary N) is 1. The minimum absolute atomic E-state index is 0.0748. The van der Waals surface area contributed by atoms with Crippen LogP contribution < -0.4 is 5.32 Å². The third kappa shape index (κ3) is 2.60. The summed E-state index contributed by atoms with van der Waals surface area (Å²) in [5.74, 6) is -0.0748. The third-order valence-electron chi connectivity index (χ3n) is 3.99. The molecule has 0 fully saturated rings. The fourth-order valence-corrected chi connectivity index (χ4v) is 2.94. The number of rotatable bonds is 3. The van der Waals surface area contributed by atoms with E-state index in [-0.39, 0.29) is 5.91 Å². The highest BCUT2D eigenvalue weighted by Gasteiger charge is 2.19. The van der Waals surface area contributed by atoms with Gasteiger partial charge in [-0.2, -0.15) is 5.10 Å². The molecule has 5 nitrogen and oxygen atoms in total. The molecule has 2 heterocycles. The van der Waals surface area contributed by atoms with Crippen molar-refractivity contribution in [1.29, 1.82) is 0 Å². The Morgan fingerprint density at radius 1 is 1.19 bits per heavy atom. The van der Waals surface area contributed by atoms with Gasteiger partial charge in [0.1, 0.15) is 0 Å². The van der Waals surface area contributed by atoms with Crippen LogP contribution in [0.1, 0.15) is 53.0 Å². The van der Waals surface area contributed by atoms with Crippen LogP contribution in [0.3, 0.4) is 0 Å². The fraction of sp³-hybridized carbons (Fsp3) is 0.500. The minimum Gasteiger partial charge on any atom is -0.346 e. The maximum absolute atomic E-state index is 12.6. The average Bonchev–Trinajstić information content (AvgIpc) is 2.80. The van der Waals surface area contributed by atoms with E-state index < -0.39 is 0 Å². The first-order chi connectivity index (χ1) is 9.73. The summed E-state index contributed by atoms with van der Waals surface area (Å²) in [5.41, 5.74) is 5.42. The van der Waals surface area contributed by atoms with Crippen LogP contribution in [0.25, 0.3) is 0 Å². The molecule has 0 atom stereocenters. The lowest BCUT2D eigenvalue weighted by molar-refractivity contribution is 0.102. The van der Waals surface area contributed by atoms with Crippen LogP contribution in [0, 0.1) is 27.7 Å². The monoisotopic (exact) mass is 288 g/mol. The highest BCUT2D eigenvalue weighted by Crippen LogP contribution is 2.23. The van der Waals surface area contributed by atoms with Gasteiger partial charge in [-0.3, -0.25) is 9.48 Å². The standard InChI is InChI=1S/C16H24N4O/c1-9(2)20-10(3)8-14(12(20)5)16(21)17-15-11(4)18-19(7)13(15)6/h8-9H,1-7H3,(H,17,21). The number of amides is 1. The Bertz CT molecular complexity index is 692. The number of anilines is 1. The van der Waals surface area contributed by atoms with Crippen LogP contribution in [0.2, 0.25) is 0 Å². The number of carbonyl (C=O) groups is 1. The zero-order valence-corrected chi connectivity index (χ0v) is 13.9. The molecule has 2 aromatic heterocycles. The Balaban J connectivity index is 2.36. The van der Waals surface area contributed by atoms with Crippen LogP contribution in [-0.2, 0) is 7.05 Å². The van der Waals surface area contributed by atoms with Crippen molar-refractivity contribution >= 4 is 11.6 Å². The number of nitrogens with zero attached hydrogens (tertiary/aromatic N) is 3. The van der Waals surface area contributed by atoms with Crippen molar-refractivity contribution < 1.29 is 4.79 Å². The van der Waals surface area contributed by atoms with E-state index in [1.165, 1.54) is 0 Å². The lowest BCUT2D eigenvalue weighted by Gasteiger charge is -2.13. The average molecular weight is 288 g/mol. The van der Waals surface area contributed by atoms with Gasteiger partial charge >= 0.3 is 0 Å². The zero-order chi connectivity index (χ0) is 15.9. The first kappa shape index (κ1) is 15.4. The van der Waals surface area contributed by atoms with E-state index in [9.17, 15) is 4.79 Å². The summed E-state index contributed by atoms with van der Waals surface area (Å²) in [6.45, 7) is 12.1. The molecule has 0 aromatic carbocycles. The SMILES string of the molecule is Cc1nn(C)c(C)c1NC(=O)c1cc(C)n(C(C)C)c1C. The second-order valence-corrected chi connectivity index (χ2v) is 5.87. The highest BCUT2D eigenvalue weighted by atomic mass is 16.1. The molecule has 0 bridgehead atoms. The first-order valence-corrected chi connectivity index (χ1v) is 7.24. The summed E-state index contributed by atoms with van der Waals surface area (Å²) in [7, 11) is 1.88. The molecule has 1 N–H and O–H groups in total. The molecule has 0 unspecified atom stereocenters. The third-order valence-corrected chi connectivity index (χ3v) is 3.99. The molecule has 1 amide bonds. The van der Waals surface area contributed by atoms with Gasteiger partial charge < -0.3 is 9.88 Å². The molecule has 0 aliphatic rings. The normalized spacial score (nSPS) is 11.2. The zero-order valence-electron chi connectivity index (χ0n) is 13.9. The molecular formula is C16H24N4O. The van der Waals surface area contributed by atoms with Crippen molar-refractivity contribution in [3.05, 3.63) is 34.4 Å². The summed E-state index contributed by atoms with van der Waals surface area (Å²) in [5, 5.41) is 7.33. The number of aryl methyl sites for hydroxylation is 3. The van der Waals surface area contributed by atoms with Gasteiger partial charge in [0, 0.05) is 24.5 Å². The molecule has 0 aliphatic carbocycles. The molecular weight excluding hydrogens is 264 g/mol. The quantitative estimate of drug-likeness (QED) is 0.942. The number of carbonyl (C=O) groups excluding carboxylic acids is 1. The molecule has 0 aliphatic heterocycles. The van der Waals surface area contributed by atoms with Gasteiger partial charge in [0.15, 0.2) is 0 Å². The van der Waals surface area contributed by atoms with E-state index in [2.05, 4.69) is 28.8 Å². The smallest absolute Gasteiger partial charge is 0.257 e. The lowest BCUT2D eigenvalue weighted by Crippen LogP contribution is -2.15. The Morgan fingerprint density at radius 2 is 1.81 bits per heavy atom. The van der Waals surface area contributed by atoms with Gasteiger partial charge in [-0.1, -0.05) is 0 Å². The first-order valence-electron chi connectivity index (χ1n) is 7.24. The molecule has 2 aromatic rings. The Hall–Kier alpha value is -2.04. The van der Waals surface area contributed by atoms with Crippen LogP contribution >= 0.6 is 0 Å². The van der Waals surface area contributed by atoms with Gasteiger partial charge in [-0.15, -0.1) is 0 Å². The summed E-state index contributed by atoms with van der Waals surface area (Å²) >= 11 is 0. The van der Waals surface area contributed by atoms with Crippen LogP contribution in [0.5, 0.6) is 0 Å². The van der Waals surface area contributed by atoms with Crippen LogP contribution in [-0.4, -0.2) is 20.3 Å².